The number of oxime groups is 1. The van der Waals surface area contributed by atoms with Gasteiger partial charge in [-0.15, -0.1) is 11.3 Å². The average Bonchev–Trinajstić information content (AvgIpc) is 2.34. The lowest BCUT2D eigenvalue weighted by molar-refractivity contribution is 0.319. The number of hydrogen-bond donors (Lipinski definition) is 1. The number of nitrogens with zero attached hydrogens (tertiary/aromatic N) is 2. The molecule has 0 fully saturated rings. The highest BCUT2D eigenvalue weighted by Crippen LogP contribution is 2.08. The van der Waals surface area contributed by atoms with Gasteiger partial charge in [-0.1, -0.05) is 5.16 Å². The van der Waals surface area contributed by atoms with E-state index in [2.05, 4.69) is 10.1 Å². The van der Waals surface area contributed by atoms with E-state index in [0.717, 1.165) is 10.7 Å². The molecule has 0 radical (unpaired) electrons. The third-order valence-corrected chi connectivity index (χ3v) is 1.91. The van der Waals surface area contributed by atoms with E-state index in [-0.39, 0.29) is 0 Å². The lowest BCUT2D eigenvalue weighted by Crippen LogP contribution is -1.93. The lowest BCUT2D eigenvalue weighted by atomic mass is 10.3. The van der Waals surface area contributed by atoms with Crippen molar-refractivity contribution >= 4 is 17.0 Å². The second-order valence-corrected chi connectivity index (χ2v) is 3.00. The third-order valence-electron chi connectivity index (χ3n) is 1.14. The Bertz CT molecular complexity index is 254. The van der Waals surface area contributed by atoms with Gasteiger partial charge in [0.1, 0.15) is 5.71 Å². The predicted molar refractivity (Wildman–Crippen MR) is 40.8 cm³/mol. The topological polar surface area (TPSA) is 45.5 Å². The van der Waals surface area contributed by atoms with Crippen LogP contribution < -0.4 is 0 Å². The van der Waals surface area contributed by atoms with Crippen LogP contribution >= 0.6 is 11.3 Å². The number of aromatic nitrogens is 1. The normalized spacial score (nSPS) is 12.0. The van der Waals surface area contributed by atoms with Crippen molar-refractivity contribution in [2.75, 3.05) is 0 Å². The summed E-state index contributed by atoms with van der Waals surface area (Å²) in [6, 6.07) is 0. The number of aryl methyl sites for hydroxylation is 1. The Hall–Kier alpha value is -0.900. The van der Waals surface area contributed by atoms with E-state index in [4.69, 9.17) is 5.21 Å². The molecule has 0 spiro atoms. The molecule has 0 unspecified atom stereocenters. The Morgan fingerprint density at radius 2 is 2.50 bits per heavy atom. The van der Waals surface area contributed by atoms with E-state index >= 15 is 0 Å². The van der Waals surface area contributed by atoms with E-state index in [0.29, 0.717) is 5.71 Å². The zero-order chi connectivity index (χ0) is 7.56. The molecule has 4 heteroatoms. The van der Waals surface area contributed by atoms with E-state index < -0.39 is 0 Å². The van der Waals surface area contributed by atoms with Gasteiger partial charge >= 0.3 is 0 Å². The first-order valence-corrected chi connectivity index (χ1v) is 3.73. The fourth-order valence-electron chi connectivity index (χ4n) is 0.581. The predicted octanol–water partition coefficient (Wildman–Crippen LogP) is 1.65. The van der Waals surface area contributed by atoms with Gasteiger partial charge in [0.05, 0.1) is 10.7 Å². The Balaban J connectivity index is 2.95. The minimum absolute atomic E-state index is 0.560. The molecule has 0 saturated carbocycles. The van der Waals surface area contributed by atoms with Crippen molar-refractivity contribution in [2.24, 2.45) is 5.16 Å². The molecule has 1 aromatic heterocycles. The fraction of sp³-hybridized carbons (Fsp3) is 0.333. The molecule has 1 heterocycles. The van der Waals surface area contributed by atoms with Crippen LogP contribution in [0.4, 0.5) is 0 Å². The summed E-state index contributed by atoms with van der Waals surface area (Å²) >= 11 is 1.55. The summed E-state index contributed by atoms with van der Waals surface area (Å²) in [5.74, 6) is 0. The summed E-state index contributed by atoms with van der Waals surface area (Å²) in [7, 11) is 0. The fourth-order valence-corrected chi connectivity index (χ4v) is 1.24. The van der Waals surface area contributed by atoms with Gasteiger partial charge in [-0.3, -0.25) is 0 Å². The van der Waals surface area contributed by atoms with Crippen LogP contribution in [0.25, 0.3) is 0 Å². The maximum atomic E-state index is 8.35. The number of hydrogen-bond acceptors (Lipinski definition) is 4. The van der Waals surface area contributed by atoms with Crippen molar-refractivity contribution in [2.45, 2.75) is 13.8 Å². The molecule has 0 saturated heterocycles. The monoisotopic (exact) mass is 156 g/mol. The van der Waals surface area contributed by atoms with Gasteiger partial charge in [0.15, 0.2) is 0 Å². The zero-order valence-electron chi connectivity index (χ0n) is 5.83. The molecular weight excluding hydrogens is 148 g/mol. The smallest absolute Gasteiger partial charge is 0.103 e. The molecule has 0 atom stereocenters. The van der Waals surface area contributed by atoms with Crippen molar-refractivity contribution in [1.29, 1.82) is 0 Å². The van der Waals surface area contributed by atoms with Crippen molar-refractivity contribution in [3.05, 3.63) is 16.1 Å². The summed E-state index contributed by atoms with van der Waals surface area (Å²) in [6.07, 6.45) is 0. The summed E-state index contributed by atoms with van der Waals surface area (Å²) in [6.45, 7) is 3.63. The molecule has 54 valence electrons. The summed E-state index contributed by atoms with van der Waals surface area (Å²) in [5.41, 5.74) is 1.31. The van der Waals surface area contributed by atoms with Gasteiger partial charge in [0.25, 0.3) is 0 Å². The molecular formula is C6H8N2OS. The van der Waals surface area contributed by atoms with Crippen LogP contribution in [-0.2, 0) is 0 Å². The quantitative estimate of drug-likeness (QED) is 0.381. The van der Waals surface area contributed by atoms with Crippen LogP contribution in [0.3, 0.4) is 0 Å². The van der Waals surface area contributed by atoms with Crippen LogP contribution in [0, 0.1) is 6.92 Å². The first-order valence-electron chi connectivity index (χ1n) is 2.85. The van der Waals surface area contributed by atoms with Crippen LogP contribution in [0.15, 0.2) is 10.5 Å². The lowest BCUT2D eigenvalue weighted by Gasteiger charge is -1.86. The molecule has 1 N–H and O–H groups in total. The minimum atomic E-state index is 0.560. The van der Waals surface area contributed by atoms with E-state index in [1.807, 2.05) is 12.3 Å². The minimum Gasteiger partial charge on any atom is -0.411 e. The Morgan fingerprint density at radius 1 is 1.80 bits per heavy atom. The van der Waals surface area contributed by atoms with Crippen LogP contribution in [-0.4, -0.2) is 15.9 Å². The Labute approximate surface area is 63.0 Å². The molecule has 1 rings (SSSR count). The molecule has 0 aliphatic carbocycles. The molecule has 0 amide bonds. The molecule has 3 nitrogen and oxygen atoms in total. The van der Waals surface area contributed by atoms with Crippen molar-refractivity contribution < 1.29 is 5.21 Å². The summed E-state index contributed by atoms with van der Waals surface area (Å²) < 4.78 is 0. The van der Waals surface area contributed by atoms with Crippen LogP contribution in [0.5, 0.6) is 0 Å². The number of thiazole rings is 1. The van der Waals surface area contributed by atoms with Gasteiger partial charge in [0.2, 0.25) is 0 Å². The largest absolute Gasteiger partial charge is 0.411 e. The van der Waals surface area contributed by atoms with Crippen molar-refractivity contribution in [3.63, 3.8) is 0 Å². The van der Waals surface area contributed by atoms with Crippen molar-refractivity contribution in [3.8, 4) is 0 Å². The van der Waals surface area contributed by atoms with Crippen molar-refractivity contribution in [1.82, 2.24) is 4.98 Å². The Morgan fingerprint density at radius 3 is 2.90 bits per heavy atom. The van der Waals surface area contributed by atoms with Crippen LogP contribution in [0.2, 0.25) is 0 Å². The highest BCUT2D eigenvalue weighted by atomic mass is 32.1. The summed E-state index contributed by atoms with van der Waals surface area (Å²) in [4.78, 5) is 4.11. The molecule has 10 heavy (non-hydrogen) atoms. The second kappa shape index (κ2) is 2.79. The molecule has 1 aromatic rings. The molecule has 0 aromatic carbocycles. The first kappa shape index (κ1) is 7.21. The number of rotatable bonds is 1. The second-order valence-electron chi connectivity index (χ2n) is 1.94. The van der Waals surface area contributed by atoms with Gasteiger partial charge in [0, 0.05) is 5.38 Å². The maximum Gasteiger partial charge on any atom is 0.103 e. The Kier molecular flexibility index (Phi) is 2.01. The first-order chi connectivity index (χ1) is 4.74. The standard InChI is InChI=1S/C6H8N2OS/c1-4(8-9)6-3-10-5(2)7-6/h3,9H,1-2H3. The zero-order valence-corrected chi connectivity index (χ0v) is 6.64. The van der Waals surface area contributed by atoms with Gasteiger partial charge in [-0.05, 0) is 13.8 Å². The summed E-state index contributed by atoms with van der Waals surface area (Å²) in [5, 5.41) is 14.2. The highest BCUT2D eigenvalue weighted by Gasteiger charge is 2.00. The maximum absolute atomic E-state index is 8.35. The van der Waals surface area contributed by atoms with E-state index in [9.17, 15) is 0 Å². The van der Waals surface area contributed by atoms with Gasteiger partial charge in [-0.25, -0.2) is 4.98 Å². The molecule has 0 bridgehead atoms. The van der Waals surface area contributed by atoms with Gasteiger partial charge in [-0.2, -0.15) is 0 Å². The molecule has 0 aliphatic heterocycles. The average molecular weight is 156 g/mol. The SMILES string of the molecule is CC(=NO)c1csc(C)n1. The van der Waals surface area contributed by atoms with E-state index in [1.165, 1.54) is 0 Å². The van der Waals surface area contributed by atoms with E-state index in [1.54, 1.807) is 18.3 Å². The third kappa shape index (κ3) is 1.33. The van der Waals surface area contributed by atoms with Gasteiger partial charge < -0.3 is 5.21 Å². The molecule has 0 aliphatic rings. The van der Waals surface area contributed by atoms with Crippen LogP contribution in [0.1, 0.15) is 17.6 Å². The highest BCUT2D eigenvalue weighted by molar-refractivity contribution is 7.09.